The second-order valence-corrected chi connectivity index (χ2v) is 4.49. The first kappa shape index (κ1) is 10.3. The molecule has 0 radical (unpaired) electrons. The van der Waals surface area contributed by atoms with Crippen molar-refractivity contribution in [2.24, 2.45) is 0 Å². The lowest BCUT2D eigenvalue weighted by Gasteiger charge is -2.08. The fourth-order valence-corrected chi connectivity index (χ4v) is 2.56. The van der Waals surface area contributed by atoms with Crippen LogP contribution < -0.4 is 0 Å². The summed E-state index contributed by atoms with van der Waals surface area (Å²) in [6.07, 6.45) is 1.66. The van der Waals surface area contributed by atoms with Gasteiger partial charge in [-0.2, -0.15) is 0 Å². The summed E-state index contributed by atoms with van der Waals surface area (Å²) in [4.78, 5) is 0. The first-order valence-electron chi connectivity index (χ1n) is 6.12. The van der Waals surface area contributed by atoms with E-state index in [4.69, 9.17) is 4.63 Å². The predicted molar refractivity (Wildman–Crippen MR) is 74.7 cm³/mol. The largest absolute Gasteiger partial charge is 0.244 e. The molecule has 0 unspecified atom stereocenters. The molecule has 0 fully saturated rings. The number of benzene rings is 3. The summed E-state index contributed by atoms with van der Waals surface area (Å²) >= 11 is 0. The van der Waals surface area contributed by atoms with Crippen molar-refractivity contribution in [3.8, 4) is 11.3 Å². The first-order chi connectivity index (χ1) is 9.43. The summed E-state index contributed by atoms with van der Waals surface area (Å²) in [5, 5.41) is 12.4. The SMILES string of the molecule is c1ccc2c(-c3cnon3)c3ccccc3cc2c1. The Morgan fingerprint density at radius 3 is 2.00 bits per heavy atom. The summed E-state index contributed by atoms with van der Waals surface area (Å²) in [6, 6.07) is 18.8. The van der Waals surface area contributed by atoms with Crippen LogP contribution in [0, 0.1) is 0 Å². The fourth-order valence-electron chi connectivity index (χ4n) is 2.56. The molecule has 0 saturated heterocycles. The van der Waals surface area contributed by atoms with Gasteiger partial charge >= 0.3 is 0 Å². The Labute approximate surface area is 109 Å². The molecule has 4 aromatic rings. The molecule has 0 aliphatic heterocycles. The Kier molecular flexibility index (Phi) is 2.12. The highest BCUT2D eigenvalue weighted by Gasteiger charge is 2.11. The van der Waals surface area contributed by atoms with Gasteiger partial charge in [0.2, 0.25) is 0 Å². The van der Waals surface area contributed by atoms with E-state index in [-0.39, 0.29) is 0 Å². The van der Waals surface area contributed by atoms with Gasteiger partial charge in [0, 0.05) is 5.56 Å². The van der Waals surface area contributed by atoms with Crippen molar-refractivity contribution in [1.82, 2.24) is 10.3 Å². The van der Waals surface area contributed by atoms with Crippen LogP contribution in [0.5, 0.6) is 0 Å². The average molecular weight is 246 g/mol. The van der Waals surface area contributed by atoms with E-state index < -0.39 is 0 Å². The molecule has 0 aliphatic carbocycles. The monoisotopic (exact) mass is 246 g/mol. The van der Waals surface area contributed by atoms with Crippen molar-refractivity contribution in [2.45, 2.75) is 0 Å². The number of fused-ring (bicyclic) bond motifs is 2. The average Bonchev–Trinajstić information content (AvgIpc) is 2.98. The Hall–Kier alpha value is -2.68. The molecule has 0 N–H and O–H groups in total. The normalized spacial score (nSPS) is 11.2. The van der Waals surface area contributed by atoms with Gasteiger partial charge in [-0.3, -0.25) is 0 Å². The third-order valence-electron chi connectivity index (χ3n) is 3.39. The molecule has 4 rings (SSSR count). The van der Waals surface area contributed by atoms with Gasteiger partial charge in [0.05, 0.1) is 6.20 Å². The van der Waals surface area contributed by atoms with Crippen molar-refractivity contribution in [1.29, 1.82) is 0 Å². The van der Waals surface area contributed by atoms with Gasteiger partial charge in [0.1, 0.15) is 5.69 Å². The van der Waals surface area contributed by atoms with Gasteiger partial charge < -0.3 is 0 Å². The molecule has 19 heavy (non-hydrogen) atoms. The molecule has 1 heterocycles. The van der Waals surface area contributed by atoms with Gasteiger partial charge in [-0.1, -0.05) is 53.7 Å². The molecule has 0 spiro atoms. The molecule has 1 aromatic heterocycles. The van der Waals surface area contributed by atoms with Gasteiger partial charge in [-0.15, -0.1) is 0 Å². The number of hydrogen-bond acceptors (Lipinski definition) is 3. The van der Waals surface area contributed by atoms with Crippen molar-refractivity contribution in [3.05, 3.63) is 60.8 Å². The lowest BCUT2D eigenvalue weighted by atomic mass is 9.95. The van der Waals surface area contributed by atoms with Crippen LogP contribution in [0.4, 0.5) is 0 Å². The molecule has 3 aromatic carbocycles. The highest BCUT2D eigenvalue weighted by molar-refractivity contribution is 6.11. The van der Waals surface area contributed by atoms with Gasteiger partial charge in [0.25, 0.3) is 0 Å². The maximum atomic E-state index is 4.77. The second-order valence-electron chi connectivity index (χ2n) is 4.49. The molecule has 0 atom stereocenters. The standard InChI is InChI=1S/C16H10N2O/c1-3-7-13-11(5-1)9-12-6-2-4-8-14(12)16(13)15-10-17-19-18-15/h1-10H. The molecular weight excluding hydrogens is 236 g/mol. The lowest BCUT2D eigenvalue weighted by Crippen LogP contribution is -1.85. The van der Waals surface area contributed by atoms with Crippen LogP contribution in [0.15, 0.2) is 65.4 Å². The number of hydrogen-bond donors (Lipinski definition) is 0. The second kappa shape index (κ2) is 3.92. The van der Waals surface area contributed by atoms with Crippen LogP contribution in [0.1, 0.15) is 0 Å². The third kappa shape index (κ3) is 1.52. The van der Waals surface area contributed by atoms with E-state index in [1.807, 2.05) is 24.3 Å². The molecule has 0 aliphatic rings. The number of nitrogens with zero attached hydrogens (tertiary/aromatic N) is 2. The van der Waals surface area contributed by atoms with Gasteiger partial charge in [-0.05, 0) is 32.8 Å². The van der Waals surface area contributed by atoms with Crippen LogP contribution in [-0.2, 0) is 0 Å². The molecule has 3 heteroatoms. The smallest absolute Gasteiger partial charge is 0.136 e. The van der Waals surface area contributed by atoms with E-state index >= 15 is 0 Å². The Bertz CT molecular complexity index is 812. The van der Waals surface area contributed by atoms with Crippen molar-refractivity contribution in [2.75, 3.05) is 0 Å². The predicted octanol–water partition coefficient (Wildman–Crippen LogP) is 4.04. The van der Waals surface area contributed by atoms with E-state index in [1.165, 1.54) is 10.8 Å². The summed E-state index contributed by atoms with van der Waals surface area (Å²) in [6.45, 7) is 0. The summed E-state index contributed by atoms with van der Waals surface area (Å²) < 4.78 is 4.77. The summed E-state index contributed by atoms with van der Waals surface area (Å²) in [7, 11) is 0. The Morgan fingerprint density at radius 2 is 1.42 bits per heavy atom. The van der Waals surface area contributed by atoms with E-state index in [2.05, 4.69) is 40.6 Å². The minimum Gasteiger partial charge on any atom is -0.244 e. The van der Waals surface area contributed by atoms with Crippen LogP contribution >= 0.6 is 0 Å². The minimum atomic E-state index is 0.771. The molecule has 3 nitrogen and oxygen atoms in total. The van der Waals surface area contributed by atoms with Gasteiger partial charge in [-0.25, -0.2) is 4.63 Å². The topological polar surface area (TPSA) is 38.9 Å². The van der Waals surface area contributed by atoms with Crippen LogP contribution in [0.25, 0.3) is 32.8 Å². The number of rotatable bonds is 1. The van der Waals surface area contributed by atoms with E-state index in [0.29, 0.717) is 0 Å². The Balaban J connectivity index is 2.27. The Morgan fingerprint density at radius 1 is 0.789 bits per heavy atom. The van der Waals surface area contributed by atoms with Crippen molar-refractivity contribution >= 4 is 21.5 Å². The van der Waals surface area contributed by atoms with Gasteiger partial charge in [0.15, 0.2) is 0 Å². The third-order valence-corrected chi connectivity index (χ3v) is 3.39. The summed E-state index contributed by atoms with van der Waals surface area (Å²) in [5.41, 5.74) is 1.85. The maximum Gasteiger partial charge on any atom is 0.136 e. The fraction of sp³-hybridized carbons (Fsp3) is 0. The maximum absolute atomic E-state index is 4.77. The zero-order chi connectivity index (χ0) is 12.7. The molecular formula is C16H10N2O. The molecule has 0 bridgehead atoms. The number of aromatic nitrogens is 2. The quantitative estimate of drug-likeness (QED) is 0.476. The van der Waals surface area contributed by atoms with E-state index in [9.17, 15) is 0 Å². The summed E-state index contributed by atoms with van der Waals surface area (Å²) in [5.74, 6) is 0. The molecule has 90 valence electrons. The van der Waals surface area contributed by atoms with E-state index in [1.54, 1.807) is 6.20 Å². The van der Waals surface area contributed by atoms with E-state index in [0.717, 1.165) is 22.0 Å². The molecule has 0 amide bonds. The lowest BCUT2D eigenvalue weighted by molar-refractivity contribution is 0.308. The first-order valence-corrected chi connectivity index (χ1v) is 6.12. The highest BCUT2D eigenvalue weighted by atomic mass is 16.6. The zero-order valence-electron chi connectivity index (χ0n) is 10.1. The highest BCUT2D eigenvalue weighted by Crippen LogP contribution is 2.34. The van der Waals surface area contributed by atoms with Crippen molar-refractivity contribution < 1.29 is 4.63 Å². The van der Waals surface area contributed by atoms with Crippen LogP contribution in [0.3, 0.4) is 0 Å². The zero-order valence-corrected chi connectivity index (χ0v) is 10.1. The van der Waals surface area contributed by atoms with Crippen LogP contribution in [0.2, 0.25) is 0 Å². The minimum absolute atomic E-state index is 0.771. The molecule has 0 saturated carbocycles. The van der Waals surface area contributed by atoms with Crippen LogP contribution in [-0.4, -0.2) is 10.3 Å². The van der Waals surface area contributed by atoms with Crippen molar-refractivity contribution in [3.63, 3.8) is 0 Å².